The van der Waals surface area contributed by atoms with Gasteiger partial charge in [0.2, 0.25) is 5.95 Å². The first kappa shape index (κ1) is 19.2. The average molecular weight is 384 g/mol. The van der Waals surface area contributed by atoms with Crippen molar-refractivity contribution in [3.05, 3.63) is 72.1 Å². The van der Waals surface area contributed by atoms with E-state index in [4.69, 9.17) is 4.74 Å². The van der Waals surface area contributed by atoms with Gasteiger partial charge in [0.15, 0.2) is 0 Å². The van der Waals surface area contributed by atoms with Crippen molar-refractivity contribution in [1.82, 2.24) is 9.97 Å². The molecule has 0 fully saturated rings. The molecule has 0 aliphatic heterocycles. The molecule has 28 heavy (non-hydrogen) atoms. The van der Waals surface area contributed by atoms with Crippen LogP contribution >= 0.6 is 0 Å². The van der Waals surface area contributed by atoms with E-state index in [9.17, 15) is 13.6 Å². The Kier molecular flexibility index (Phi) is 5.78. The number of rotatable bonds is 6. The first-order valence-corrected chi connectivity index (χ1v) is 8.55. The van der Waals surface area contributed by atoms with Crippen molar-refractivity contribution in [2.24, 2.45) is 0 Å². The first-order chi connectivity index (χ1) is 13.4. The summed E-state index contributed by atoms with van der Waals surface area (Å²) in [5.74, 6) is -1.77. The maximum absolute atomic E-state index is 13.7. The quantitative estimate of drug-likeness (QED) is 0.653. The molecule has 8 heteroatoms. The molecule has 0 atom stereocenters. The lowest BCUT2D eigenvalue weighted by atomic mass is 10.2. The summed E-state index contributed by atoms with van der Waals surface area (Å²) in [5, 5.41) is 5.18. The molecule has 0 spiro atoms. The van der Waals surface area contributed by atoms with E-state index in [-0.39, 0.29) is 17.7 Å². The fraction of sp³-hybridized carbons (Fsp3) is 0.150. The van der Waals surface area contributed by atoms with E-state index in [2.05, 4.69) is 20.6 Å². The van der Waals surface area contributed by atoms with E-state index >= 15 is 0 Å². The maximum Gasteiger partial charge on any atom is 0.274 e. The smallest absolute Gasteiger partial charge is 0.274 e. The van der Waals surface area contributed by atoms with Gasteiger partial charge in [-0.1, -0.05) is 18.2 Å². The summed E-state index contributed by atoms with van der Waals surface area (Å²) in [5.41, 5.74) is 0.0348. The molecular formula is C20H18F2N4O2. The Balaban J connectivity index is 1.80. The van der Waals surface area contributed by atoms with Gasteiger partial charge in [-0.05, 0) is 44.2 Å². The van der Waals surface area contributed by atoms with Crippen LogP contribution in [0.5, 0.6) is 5.75 Å². The maximum atomic E-state index is 13.7. The predicted molar refractivity (Wildman–Crippen MR) is 102 cm³/mol. The molecule has 0 radical (unpaired) electrons. The number of hydrogen-bond acceptors (Lipinski definition) is 5. The second-order valence-electron chi connectivity index (χ2n) is 6.10. The molecule has 2 N–H and O–H groups in total. The fourth-order valence-electron chi connectivity index (χ4n) is 2.39. The first-order valence-electron chi connectivity index (χ1n) is 8.55. The highest BCUT2D eigenvalue weighted by atomic mass is 19.1. The summed E-state index contributed by atoms with van der Waals surface area (Å²) >= 11 is 0. The third-order valence-corrected chi connectivity index (χ3v) is 3.59. The molecule has 0 saturated carbocycles. The van der Waals surface area contributed by atoms with E-state index in [1.54, 1.807) is 12.1 Å². The lowest BCUT2D eigenvalue weighted by molar-refractivity contribution is 0.102. The number of carbonyl (C=O) groups excluding carboxylic acids is 1. The molecule has 1 amide bonds. The standard InChI is InChI=1S/C20H18F2N4O2/c1-12(2)28-17-9-4-3-8-15(17)24-20-23-11-10-16(25-20)19(27)26-18-13(21)6-5-7-14(18)22/h3-12H,1-2H3,(H,26,27)(H,23,24,25). The Bertz CT molecular complexity index is 975. The number of aromatic nitrogens is 2. The van der Waals surface area contributed by atoms with Crippen molar-refractivity contribution in [3.63, 3.8) is 0 Å². The van der Waals surface area contributed by atoms with Crippen molar-refractivity contribution in [3.8, 4) is 5.75 Å². The third kappa shape index (κ3) is 4.59. The van der Waals surface area contributed by atoms with Gasteiger partial charge in [-0.25, -0.2) is 18.7 Å². The molecule has 2 aromatic carbocycles. The fourth-order valence-corrected chi connectivity index (χ4v) is 2.39. The predicted octanol–water partition coefficient (Wildman–Crippen LogP) is 4.54. The van der Waals surface area contributed by atoms with Gasteiger partial charge in [-0.15, -0.1) is 0 Å². The molecule has 0 aliphatic rings. The van der Waals surface area contributed by atoms with Crippen LogP contribution < -0.4 is 15.4 Å². The summed E-state index contributed by atoms with van der Waals surface area (Å²) in [7, 11) is 0. The molecule has 3 rings (SSSR count). The Hall–Kier alpha value is -3.55. The van der Waals surface area contributed by atoms with Crippen molar-refractivity contribution >= 4 is 23.2 Å². The van der Waals surface area contributed by atoms with E-state index in [0.29, 0.717) is 11.4 Å². The molecule has 1 aromatic heterocycles. The molecule has 0 unspecified atom stereocenters. The number of halogens is 2. The van der Waals surface area contributed by atoms with Gasteiger partial charge >= 0.3 is 0 Å². The van der Waals surface area contributed by atoms with Gasteiger partial charge in [0.05, 0.1) is 11.8 Å². The Morgan fingerprint density at radius 3 is 2.46 bits per heavy atom. The lowest BCUT2D eigenvalue weighted by Crippen LogP contribution is -2.16. The van der Waals surface area contributed by atoms with Crippen LogP contribution in [0.25, 0.3) is 0 Å². The van der Waals surface area contributed by atoms with Gasteiger partial charge in [0.1, 0.15) is 28.8 Å². The summed E-state index contributed by atoms with van der Waals surface area (Å²) in [4.78, 5) is 20.5. The van der Waals surface area contributed by atoms with E-state index in [1.165, 1.54) is 18.3 Å². The molecule has 3 aromatic rings. The van der Waals surface area contributed by atoms with Crippen molar-refractivity contribution in [2.75, 3.05) is 10.6 Å². The third-order valence-electron chi connectivity index (χ3n) is 3.59. The zero-order valence-electron chi connectivity index (χ0n) is 15.2. The molecule has 0 bridgehead atoms. The van der Waals surface area contributed by atoms with Crippen LogP contribution in [-0.2, 0) is 0 Å². The average Bonchev–Trinajstić information content (AvgIpc) is 2.66. The van der Waals surface area contributed by atoms with Gasteiger partial charge in [-0.3, -0.25) is 4.79 Å². The van der Waals surface area contributed by atoms with E-state index in [0.717, 1.165) is 12.1 Å². The van der Waals surface area contributed by atoms with Crippen LogP contribution in [0.3, 0.4) is 0 Å². The Morgan fingerprint density at radius 1 is 1.04 bits per heavy atom. The lowest BCUT2D eigenvalue weighted by Gasteiger charge is -2.15. The number of amides is 1. The number of carbonyl (C=O) groups is 1. The van der Waals surface area contributed by atoms with E-state index < -0.39 is 23.2 Å². The second kappa shape index (κ2) is 8.43. The SMILES string of the molecule is CC(C)Oc1ccccc1Nc1nccc(C(=O)Nc2c(F)cccc2F)n1. The molecule has 1 heterocycles. The summed E-state index contributed by atoms with van der Waals surface area (Å²) in [6.07, 6.45) is 1.34. The highest BCUT2D eigenvalue weighted by Gasteiger charge is 2.15. The van der Waals surface area contributed by atoms with Crippen LogP contribution in [0.1, 0.15) is 24.3 Å². The molecule has 6 nitrogen and oxygen atoms in total. The second-order valence-corrected chi connectivity index (χ2v) is 6.10. The summed E-state index contributed by atoms with van der Waals surface area (Å²) < 4.78 is 33.2. The summed E-state index contributed by atoms with van der Waals surface area (Å²) in [6, 6.07) is 11.9. The van der Waals surface area contributed by atoms with Gasteiger partial charge < -0.3 is 15.4 Å². The number of nitrogens with zero attached hydrogens (tertiary/aromatic N) is 2. The van der Waals surface area contributed by atoms with Crippen molar-refractivity contribution in [1.29, 1.82) is 0 Å². The molecule has 144 valence electrons. The number of ether oxygens (including phenoxy) is 1. The van der Waals surface area contributed by atoms with Crippen molar-refractivity contribution in [2.45, 2.75) is 20.0 Å². The van der Waals surface area contributed by atoms with E-state index in [1.807, 2.05) is 26.0 Å². The molecule has 0 saturated heterocycles. The number of anilines is 3. The minimum atomic E-state index is -0.875. The normalized spacial score (nSPS) is 10.6. The summed E-state index contributed by atoms with van der Waals surface area (Å²) in [6.45, 7) is 3.81. The van der Waals surface area contributed by atoms with Crippen LogP contribution in [-0.4, -0.2) is 22.0 Å². The number of hydrogen-bond donors (Lipinski definition) is 2. The topological polar surface area (TPSA) is 76.1 Å². The Morgan fingerprint density at radius 2 is 1.75 bits per heavy atom. The number of nitrogens with one attached hydrogen (secondary N) is 2. The zero-order chi connectivity index (χ0) is 20.1. The minimum absolute atomic E-state index is 0.0309. The largest absolute Gasteiger partial charge is 0.489 e. The number of para-hydroxylation sites is 3. The minimum Gasteiger partial charge on any atom is -0.489 e. The van der Waals surface area contributed by atoms with Crippen LogP contribution in [0.4, 0.5) is 26.1 Å². The molecular weight excluding hydrogens is 366 g/mol. The van der Waals surface area contributed by atoms with Gasteiger partial charge in [0, 0.05) is 6.20 Å². The Labute approximate surface area is 160 Å². The highest BCUT2D eigenvalue weighted by Crippen LogP contribution is 2.27. The molecule has 0 aliphatic carbocycles. The zero-order valence-corrected chi connectivity index (χ0v) is 15.2. The van der Waals surface area contributed by atoms with Crippen LogP contribution in [0, 0.1) is 11.6 Å². The van der Waals surface area contributed by atoms with Gasteiger partial charge in [-0.2, -0.15) is 0 Å². The highest BCUT2D eigenvalue weighted by molar-refractivity contribution is 6.03. The van der Waals surface area contributed by atoms with Gasteiger partial charge in [0.25, 0.3) is 5.91 Å². The van der Waals surface area contributed by atoms with Crippen LogP contribution in [0.2, 0.25) is 0 Å². The van der Waals surface area contributed by atoms with Crippen LogP contribution in [0.15, 0.2) is 54.7 Å². The monoisotopic (exact) mass is 384 g/mol. The number of benzene rings is 2. The van der Waals surface area contributed by atoms with Crippen molar-refractivity contribution < 1.29 is 18.3 Å².